The molecule has 2 nitrogen and oxygen atoms in total. The third kappa shape index (κ3) is 7.18. The number of carbonyl (C=O) groups excluding carboxylic acids is 1. The molecule has 2 heteroatoms. The van der Waals surface area contributed by atoms with Crippen LogP contribution in [0.2, 0.25) is 0 Å². The Labute approximate surface area is 93.7 Å². The molecule has 0 bridgehead atoms. The van der Waals surface area contributed by atoms with Gasteiger partial charge >= 0.3 is 5.97 Å². The van der Waals surface area contributed by atoms with E-state index in [1.807, 2.05) is 33.8 Å². The monoisotopic (exact) mass is 212 g/mol. The van der Waals surface area contributed by atoms with Crippen LogP contribution in [0.4, 0.5) is 0 Å². The van der Waals surface area contributed by atoms with E-state index in [4.69, 9.17) is 4.74 Å². The van der Waals surface area contributed by atoms with Crippen molar-refractivity contribution in [3.8, 4) is 0 Å². The van der Waals surface area contributed by atoms with Crippen molar-refractivity contribution >= 4 is 5.97 Å². The van der Waals surface area contributed by atoms with Gasteiger partial charge in [-0.25, -0.2) is 4.79 Å². The molecule has 0 aromatic rings. The van der Waals surface area contributed by atoms with Crippen molar-refractivity contribution in [3.63, 3.8) is 0 Å². The van der Waals surface area contributed by atoms with E-state index in [2.05, 4.69) is 20.8 Å². The van der Waals surface area contributed by atoms with Crippen molar-refractivity contribution in [2.24, 2.45) is 5.41 Å². The summed E-state index contributed by atoms with van der Waals surface area (Å²) in [6, 6.07) is 0. The summed E-state index contributed by atoms with van der Waals surface area (Å²) < 4.78 is 5.33. The molecule has 15 heavy (non-hydrogen) atoms. The molecule has 0 saturated heterocycles. The largest absolute Gasteiger partial charge is 0.457 e. The molecule has 0 aliphatic heterocycles. The summed E-state index contributed by atoms with van der Waals surface area (Å²) >= 11 is 0. The molecule has 0 amide bonds. The zero-order valence-electron chi connectivity index (χ0n) is 11.1. The summed E-state index contributed by atoms with van der Waals surface area (Å²) in [7, 11) is 0. The smallest absolute Gasteiger partial charge is 0.334 e. The van der Waals surface area contributed by atoms with E-state index < -0.39 is 5.60 Å². The summed E-state index contributed by atoms with van der Waals surface area (Å²) in [5, 5.41) is 0. The molecule has 0 fully saturated rings. The molecule has 0 atom stereocenters. The van der Waals surface area contributed by atoms with E-state index in [9.17, 15) is 4.79 Å². The standard InChI is InChI=1S/C13H24O2/c1-8-10(9-12(2,3)4)11(14)15-13(5,6)7/h8H,9H2,1-7H3. The highest BCUT2D eigenvalue weighted by Gasteiger charge is 2.22. The Kier molecular flexibility index (Phi) is 4.57. The summed E-state index contributed by atoms with van der Waals surface area (Å²) in [6.07, 6.45) is 2.59. The second kappa shape index (κ2) is 4.82. The highest BCUT2D eigenvalue weighted by Crippen LogP contribution is 2.25. The van der Waals surface area contributed by atoms with Gasteiger partial charge in [-0.1, -0.05) is 26.8 Å². The third-order valence-electron chi connectivity index (χ3n) is 1.73. The van der Waals surface area contributed by atoms with Crippen LogP contribution >= 0.6 is 0 Å². The number of hydrogen-bond donors (Lipinski definition) is 0. The minimum atomic E-state index is -0.413. The average molecular weight is 212 g/mol. The molecule has 0 N–H and O–H groups in total. The molecule has 0 spiro atoms. The normalized spacial score (nSPS) is 13.9. The molecular weight excluding hydrogens is 188 g/mol. The summed E-state index contributed by atoms with van der Waals surface area (Å²) in [6.45, 7) is 13.9. The van der Waals surface area contributed by atoms with Gasteiger partial charge in [-0.15, -0.1) is 0 Å². The number of allylic oxidation sites excluding steroid dienone is 1. The average Bonchev–Trinajstić information content (AvgIpc) is 1.94. The molecule has 0 aromatic heterocycles. The first-order valence-electron chi connectivity index (χ1n) is 5.44. The molecule has 0 aliphatic carbocycles. The molecular formula is C13H24O2. The maximum absolute atomic E-state index is 11.8. The fourth-order valence-corrected chi connectivity index (χ4v) is 1.21. The van der Waals surface area contributed by atoms with Gasteiger partial charge in [0.25, 0.3) is 0 Å². The Hall–Kier alpha value is -0.790. The van der Waals surface area contributed by atoms with Gasteiger partial charge in [0.2, 0.25) is 0 Å². The molecule has 0 saturated carbocycles. The fourth-order valence-electron chi connectivity index (χ4n) is 1.21. The molecule has 0 rings (SSSR count). The zero-order chi connectivity index (χ0) is 12.3. The fraction of sp³-hybridized carbons (Fsp3) is 0.769. The topological polar surface area (TPSA) is 26.3 Å². The Balaban J connectivity index is 4.53. The van der Waals surface area contributed by atoms with E-state index in [1.165, 1.54) is 0 Å². The van der Waals surface area contributed by atoms with Crippen LogP contribution in [0.5, 0.6) is 0 Å². The van der Waals surface area contributed by atoms with E-state index in [0.717, 1.165) is 12.0 Å². The number of rotatable bonds is 2. The Morgan fingerprint density at radius 1 is 1.13 bits per heavy atom. The maximum Gasteiger partial charge on any atom is 0.334 e. The van der Waals surface area contributed by atoms with E-state index >= 15 is 0 Å². The molecule has 0 aliphatic rings. The molecule has 0 heterocycles. The zero-order valence-corrected chi connectivity index (χ0v) is 11.1. The lowest BCUT2D eigenvalue weighted by atomic mass is 9.88. The van der Waals surface area contributed by atoms with Crippen molar-refractivity contribution in [1.29, 1.82) is 0 Å². The van der Waals surface area contributed by atoms with E-state index in [-0.39, 0.29) is 11.4 Å². The third-order valence-corrected chi connectivity index (χ3v) is 1.73. The van der Waals surface area contributed by atoms with Crippen molar-refractivity contribution in [1.82, 2.24) is 0 Å². The number of hydrogen-bond acceptors (Lipinski definition) is 2. The van der Waals surface area contributed by atoms with Gasteiger partial charge in [0, 0.05) is 5.57 Å². The Morgan fingerprint density at radius 3 is 1.87 bits per heavy atom. The summed E-state index contributed by atoms with van der Waals surface area (Å²) in [5.41, 5.74) is 0.458. The minimum absolute atomic E-state index is 0.110. The van der Waals surface area contributed by atoms with Gasteiger partial charge in [-0.2, -0.15) is 0 Å². The quantitative estimate of drug-likeness (QED) is 0.515. The number of carbonyl (C=O) groups is 1. The van der Waals surface area contributed by atoms with Crippen LogP contribution in [0.1, 0.15) is 54.9 Å². The van der Waals surface area contributed by atoms with Crippen LogP contribution in [-0.2, 0) is 9.53 Å². The van der Waals surface area contributed by atoms with Crippen LogP contribution in [0.25, 0.3) is 0 Å². The predicted molar refractivity (Wildman–Crippen MR) is 63.7 cm³/mol. The van der Waals surface area contributed by atoms with Gasteiger partial charge in [0.05, 0.1) is 0 Å². The first-order valence-corrected chi connectivity index (χ1v) is 5.44. The van der Waals surface area contributed by atoms with Crippen LogP contribution < -0.4 is 0 Å². The number of esters is 1. The molecule has 88 valence electrons. The maximum atomic E-state index is 11.8. The SMILES string of the molecule is CC=C(CC(C)(C)C)C(=O)OC(C)(C)C. The van der Waals surface area contributed by atoms with Gasteiger partial charge in [-0.3, -0.25) is 0 Å². The van der Waals surface area contributed by atoms with Crippen molar-refractivity contribution in [2.75, 3.05) is 0 Å². The van der Waals surface area contributed by atoms with Gasteiger partial charge in [-0.05, 0) is 39.5 Å². The van der Waals surface area contributed by atoms with Crippen LogP contribution in [0.15, 0.2) is 11.6 Å². The molecule has 0 aromatic carbocycles. The second-order valence-electron chi connectivity index (χ2n) is 6.05. The van der Waals surface area contributed by atoms with E-state index in [1.54, 1.807) is 0 Å². The van der Waals surface area contributed by atoms with E-state index in [0.29, 0.717) is 0 Å². The predicted octanol–water partition coefficient (Wildman–Crippen LogP) is 3.71. The first kappa shape index (κ1) is 14.2. The molecule has 0 radical (unpaired) electrons. The lowest BCUT2D eigenvalue weighted by molar-refractivity contribution is -0.150. The summed E-state index contributed by atoms with van der Waals surface area (Å²) in [5.74, 6) is -0.195. The van der Waals surface area contributed by atoms with Crippen LogP contribution in [0, 0.1) is 5.41 Å². The lowest BCUT2D eigenvalue weighted by Gasteiger charge is -2.24. The summed E-state index contributed by atoms with van der Waals surface area (Å²) in [4.78, 5) is 11.8. The van der Waals surface area contributed by atoms with Crippen LogP contribution in [0.3, 0.4) is 0 Å². The van der Waals surface area contributed by atoms with Crippen molar-refractivity contribution in [3.05, 3.63) is 11.6 Å². The lowest BCUT2D eigenvalue weighted by Crippen LogP contribution is -2.26. The number of ether oxygens (including phenoxy) is 1. The molecule has 0 unspecified atom stereocenters. The van der Waals surface area contributed by atoms with Gasteiger partial charge in [0.1, 0.15) is 5.60 Å². The highest BCUT2D eigenvalue weighted by atomic mass is 16.6. The second-order valence-corrected chi connectivity index (χ2v) is 6.05. The van der Waals surface area contributed by atoms with Crippen molar-refractivity contribution in [2.45, 2.75) is 60.5 Å². The Morgan fingerprint density at radius 2 is 1.60 bits per heavy atom. The minimum Gasteiger partial charge on any atom is -0.457 e. The Bertz CT molecular complexity index is 249. The highest BCUT2D eigenvalue weighted by molar-refractivity contribution is 5.88. The van der Waals surface area contributed by atoms with Gasteiger partial charge in [0.15, 0.2) is 0 Å². The first-order chi connectivity index (χ1) is 6.55. The van der Waals surface area contributed by atoms with Crippen molar-refractivity contribution < 1.29 is 9.53 Å². The van der Waals surface area contributed by atoms with Gasteiger partial charge < -0.3 is 4.74 Å². The van der Waals surface area contributed by atoms with Crippen LogP contribution in [-0.4, -0.2) is 11.6 Å².